The van der Waals surface area contributed by atoms with Gasteiger partial charge < -0.3 is 14.2 Å². The van der Waals surface area contributed by atoms with Crippen molar-refractivity contribution in [2.75, 3.05) is 39.9 Å². The van der Waals surface area contributed by atoms with Gasteiger partial charge in [-0.15, -0.1) is 10.2 Å². The van der Waals surface area contributed by atoms with Crippen LogP contribution in [0, 0.1) is 0 Å². The van der Waals surface area contributed by atoms with Gasteiger partial charge in [0.15, 0.2) is 0 Å². The summed E-state index contributed by atoms with van der Waals surface area (Å²) in [5, 5.41) is 8.94. The van der Waals surface area contributed by atoms with E-state index in [4.69, 9.17) is 4.74 Å². The summed E-state index contributed by atoms with van der Waals surface area (Å²) in [6.45, 7) is 5.28. The topological polar surface area (TPSA) is 63.5 Å². The number of methoxy groups -OCH3 is 1. The van der Waals surface area contributed by atoms with Crippen molar-refractivity contribution in [2.24, 2.45) is 7.05 Å². The van der Waals surface area contributed by atoms with Crippen LogP contribution in [0.2, 0.25) is 0 Å². The van der Waals surface area contributed by atoms with Crippen molar-refractivity contribution in [1.29, 1.82) is 0 Å². The fourth-order valence-electron chi connectivity index (χ4n) is 3.95. The highest BCUT2D eigenvalue weighted by molar-refractivity contribution is 5.76. The molecule has 1 aromatic rings. The van der Waals surface area contributed by atoms with Crippen LogP contribution in [0.1, 0.15) is 56.1 Å². The Kier molecular flexibility index (Phi) is 6.42. The van der Waals surface area contributed by atoms with Gasteiger partial charge in [-0.25, -0.2) is 0 Å². The predicted octanol–water partition coefficient (Wildman–Crippen LogP) is 1.54. The Morgan fingerprint density at radius 2 is 1.96 bits per heavy atom. The van der Waals surface area contributed by atoms with Crippen LogP contribution in [0.25, 0.3) is 0 Å². The lowest BCUT2D eigenvalue weighted by molar-refractivity contribution is -0.133. The molecular weight excluding hydrogens is 318 g/mol. The third kappa shape index (κ3) is 4.58. The first kappa shape index (κ1) is 18.3. The second-order valence-electron chi connectivity index (χ2n) is 7.29. The van der Waals surface area contributed by atoms with Crippen LogP contribution in [0.5, 0.6) is 0 Å². The van der Waals surface area contributed by atoms with E-state index >= 15 is 0 Å². The van der Waals surface area contributed by atoms with E-state index < -0.39 is 0 Å². The highest BCUT2D eigenvalue weighted by Gasteiger charge is 2.28. The smallest absolute Gasteiger partial charge is 0.224 e. The Labute approximate surface area is 150 Å². The summed E-state index contributed by atoms with van der Waals surface area (Å²) in [6, 6.07) is 0. The van der Waals surface area contributed by atoms with Crippen molar-refractivity contribution >= 4 is 5.91 Å². The summed E-state index contributed by atoms with van der Waals surface area (Å²) in [5.41, 5.74) is 0. The molecule has 0 aromatic carbocycles. The number of hydrogen-bond acceptors (Lipinski definition) is 5. The van der Waals surface area contributed by atoms with Crippen LogP contribution in [0.15, 0.2) is 0 Å². The number of hydrogen-bond donors (Lipinski definition) is 0. The van der Waals surface area contributed by atoms with Gasteiger partial charge in [0.1, 0.15) is 11.6 Å². The maximum atomic E-state index is 12.3. The van der Waals surface area contributed by atoms with E-state index in [0.717, 1.165) is 57.2 Å². The van der Waals surface area contributed by atoms with Crippen molar-refractivity contribution in [3.63, 3.8) is 0 Å². The molecule has 1 atom stereocenters. The molecular formula is C18H31N5O2. The lowest BCUT2D eigenvalue weighted by Gasteiger charge is -2.32. The average Bonchev–Trinajstić information content (AvgIpc) is 3.01. The van der Waals surface area contributed by atoms with Crippen molar-refractivity contribution in [1.82, 2.24) is 24.6 Å². The molecule has 0 saturated carbocycles. The zero-order valence-electron chi connectivity index (χ0n) is 15.6. The summed E-state index contributed by atoms with van der Waals surface area (Å²) in [5.74, 6) is 2.53. The largest absolute Gasteiger partial charge is 0.384 e. The first-order chi connectivity index (χ1) is 12.2. The fourth-order valence-corrected chi connectivity index (χ4v) is 3.95. The number of rotatable bonds is 6. The fraction of sp³-hybridized carbons (Fsp3) is 0.833. The number of likely N-dealkylation sites (tertiary alicyclic amines) is 2. The molecule has 1 amide bonds. The van der Waals surface area contributed by atoms with E-state index in [1.165, 1.54) is 19.3 Å². The zero-order valence-corrected chi connectivity index (χ0v) is 15.6. The Hall–Kier alpha value is -1.47. The van der Waals surface area contributed by atoms with Gasteiger partial charge in [-0.3, -0.25) is 9.69 Å². The summed E-state index contributed by atoms with van der Waals surface area (Å²) in [4.78, 5) is 16.7. The number of amides is 1. The second kappa shape index (κ2) is 8.76. The molecule has 2 aliphatic heterocycles. The van der Waals surface area contributed by atoms with E-state index in [1.807, 2.05) is 4.90 Å². The van der Waals surface area contributed by atoms with Crippen molar-refractivity contribution in [3.8, 4) is 0 Å². The monoisotopic (exact) mass is 349 g/mol. The van der Waals surface area contributed by atoms with Crippen LogP contribution in [0.3, 0.4) is 0 Å². The van der Waals surface area contributed by atoms with E-state index in [-0.39, 0.29) is 11.8 Å². The van der Waals surface area contributed by atoms with Crippen LogP contribution >= 0.6 is 0 Å². The lowest BCUT2D eigenvalue weighted by Crippen LogP contribution is -2.40. The molecule has 3 heterocycles. The molecule has 140 valence electrons. The summed E-state index contributed by atoms with van der Waals surface area (Å²) < 4.78 is 7.19. The highest BCUT2D eigenvalue weighted by atomic mass is 16.5. The van der Waals surface area contributed by atoms with Crippen LogP contribution in [0.4, 0.5) is 0 Å². The van der Waals surface area contributed by atoms with E-state index in [1.54, 1.807) is 7.11 Å². The Balaban J connectivity index is 1.62. The van der Waals surface area contributed by atoms with E-state index in [9.17, 15) is 4.79 Å². The van der Waals surface area contributed by atoms with E-state index in [2.05, 4.69) is 26.7 Å². The SMILES string of the molecule is COCCC(=O)N1CCCC(c2nnc(CN3CCCCC3)n2C)C1. The van der Waals surface area contributed by atoms with Gasteiger partial charge in [-0.1, -0.05) is 6.42 Å². The molecule has 0 N–H and O–H groups in total. The normalized spacial score (nSPS) is 22.3. The number of carbonyl (C=O) groups is 1. The maximum absolute atomic E-state index is 12.3. The standard InChI is InChI=1S/C18H31N5O2/c1-21-16(14-22-9-4-3-5-10-22)19-20-18(21)15-7-6-11-23(13-15)17(24)8-12-25-2/h15H,3-14H2,1-2H3. The Morgan fingerprint density at radius 1 is 1.16 bits per heavy atom. The molecule has 25 heavy (non-hydrogen) atoms. The molecule has 0 bridgehead atoms. The maximum Gasteiger partial charge on any atom is 0.224 e. The van der Waals surface area contributed by atoms with Gasteiger partial charge in [0, 0.05) is 33.2 Å². The van der Waals surface area contributed by atoms with Crippen molar-refractivity contribution in [2.45, 2.75) is 51.0 Å². The van der Waals surface area contributed by atoms with Gasteiger partial charge in [-0.2, -0.15) is 0 Å². The number of aromatic nitrogens is 3. The van der Waals surface area contributed by atoms with Gasteiger partial charge in [0.25, 0.3) is 0 Å². The Bertz CT molecular complexity index is 568. The zero-order chi connectivity index (χ0) is 17.6. The molecule has 2 fully saturated rings. The Morgan fingerprint density at radius 3 is 2.72 bits per heavy atom. The van der Waals surface area contributed by atoms with Gasteiger partial charge in [0.2, 0.25) is 5.91 Å². The molecule has 0 radical (unpaired) electrons. The minimum absolute atomic E-state index is 0.183. The number of ether oxygens (including phenoxy) is 1. The number of piperidine rings is 2. The van der Waals surface area contributed by atoms with Gasteiger partial charge in [-0.05, 0) is 38.8 Å². The molecule has 1 aromatic heterocycles. The molecule has 2 saturated heterocycles. The van der Waals surface area contributed by atoms with Crippen molar-refractivity contribution < 1.29 is 9.53 Å². The van der Waals surface area contributed by atoms with E-state index in [0.29, 0.717) is 13.0 Å². The first-order valence-electron chi connectivity index (χ1n) is 9.56. The van der Waals surface area contributed by atoms with Crippen LogP contribution in [-0.2, 0) is 23.1 Å². The number of nitrogens with zero attached hydrogens (tertiary/aromatic N) is 5. The molecule has 7 heteroatoms. The van der Waals surface area contributed by atoms with Gasteiger partial charge in [0.05, 0.1) is 19.6 Å². The van der Waals surface area contributed by atoms with Crippen LogP contribution in [-0.4, -0.2) is 70.4 Å². The third-order valence-electron chi connectivity index (χ3n) is 5.47. The molecule has 7 nitrogen and oxygen atoms in total. The minimum Gasteiger partial charge on any atom is -0.384 e. The number of carbonyl (C=O) groups excluding carboxylic acids is 1. The molecule has 0 spiro atoms. The summed E-state index contributed by atoms with van der Waals surface area (Å²) in [7, 11) is 3.70. The quantitative estimate of drug-likeness (QED) is 0.780. The third-order valence-corrected chi connectivity index (χ3v) is 5.47. The first-order valence-corrected chi connectivity index (χ1v) is 9.56. The van der Waals surface area contributed by atoms with Gasteiger partial charge >= 0.3 is 0 Å². The molecule has 3 rings (SSSR count). The summed E-state index contributed by atoms with van der Waals surface area (Å²) in [6.07, 6.45) is 6.47. The highest BCUT2D eigenvalue weighted by Crippen LogP contribution is 2.26. The molecule has 1 unspecified atom stereocenters. The minimum atomic E-state index is 0.183. The molecule has 0 aliphatic carbocycles. The predicted molar refractivity (Wildman–Crippen MR) is 95.2 cm³/mol. The lowest BCUT2D eigenvalue weighted by atomic mass is 9.97. The average molecular weight is 349 g/mol. The second-order valence-corrected chi connectivity index (χ2v) is 7.29. The van der Waals surface area contributed by atoms with Crippen LogP contribution < -0.4 is 0 Å². The van der Waals surface area contributed by atoms with Crippen molar-refractivity contribution in [3.05, 3.63) is 11.6 Å². The summed E-state index contributed by atoms with van der Waals surface area (Å²) >= 11 is 0. The molecule has 2 aliphatic rings.